The molecular formula is C29H27N5O5. The standard InChI is InChI=1S/C29H27N5O5/c35-26-17-34(25-13-7-6-12-22(25)31-26)29(39)33-23(14-18-8-2-1-3-9-18)27(36)32-24(28(37)38)15-19-16-30-21-11-5-4-10-20(19)21/h1-13,16,23-24,30H,14-15,17H2,(H,31,35)(H,32,36)(H,33,39)(H,37,38). The first-order chi connectivity index (χ1) is 18.9. The van der Waals surface area contributed by atoms with Crippen LogP contribution in [0.4, 0.5) is 16.2 Å². The number of carbonyl (C=O) groups is 4. The first kappa shape index (κ1) is 25.5. The summed E-state index contributed by atoms with van der Waals surface area (Å²) < 4.78 is 0. The highest BCUT2D eigenvalue weighted by Gasteiger charge is 2.32. The SMILES string of the molecule is O=C1CN(C(=O)NC(Cc2ccccc2)C(=O)NC(Cc2c[nH]c3ccccc23)C(=O)O)c2ccccc2N1. The maximum absolute atomic E-state index is 13.5. The topological polar surface area (TPSA) is 144 Å². The largest absolute Gasteiger partial charge is 0.480 e. The van der Waals surface area contributed by atoms with Gasteiger partial charge in [-0.3, -0.25) is 14.5 Å². The van der Waals surface area contributed by atoms with Gasteiger partial charge < -0.3 is 26.0 Å². The average molecular weight is 526 g/mol. The van der Waals surface area contributed by atoms with Crippen molar-refractivity contribution in [2.45, 2.75) is 24.9 Å². The number of urea groups is 1. The van der Waals surface area contributed by atoms with Crippen molar-refractivity contribution in [2.75, 3.05) is 16.8 Å². The Hall–Kier alpha value is -5.12. The van der Waals surface area contributed by atoms with Gasteiger partial charge in [0, 0.05) is 29.9 Å². The van der Waals surface area contributed by atoms with Gasteiger partial charge in [-0.15, -0.1) is 0 Å². The van der Waals surface area contributed by atoms with Crippen LogP contribution >= 0.6 is 0 Å². The summed E-state index contributed by atoms with van der Waals surface area (Å²) in [7, 11) is 0. The van der Waals surface area contributed by atoms with E-state index >= 15 is 0 Å². The summed E-state index contributed by atoms with van der Waals surface area (Å²) in [6.45, 7) is -0.221. The molecular weight excluding hydrogens is 498 g/mol. The lowest BCUT2D eigenvalue weighted by Crippen LogP contribution is -2.56. The maximum atomic E-state index is 13.5. The van der Waals surface area contributed by atoms with Crippen LogP contribution in [0.15, 0.2) is 85.1 Å². The van der Waals surface area contributed by atoms with Crippen LogP contribution in [-0.4, -0.2) is 52.5 Å². The van der Waals surface area contributed by atoms with Gasteiger partial charge in [-0.25, -0.2) is 9.59 Å². The number of benzene rings is 3. The number of anilines is 2. The molecule has 0 radical (unpaired) electrons. The van der Waals surface area contributed by atoms with Crippen molar-refractivity contribution in [3.8, 4) is 0 Å². The van der Waals surface area contributed by atoms with Crippen LogP contribution in [0.1, 0.15) is 11.1 Å². The molecule has 2 heterocycles. The number of para-hydroxylation sites is 3. The molecule has 1 aromatic heterocycles. The molecule has 0 saturated carbocycles. The molecule has 4 amide bonds. The van der Waals surface area contributed by atoms with Crippen LogP contribution in [0, 0.1) is 0 Å². The zero-order valence-corrected chi connectivity index (χ0v) is 20.9. The molecule has 2 unspecified atom stereocenters. The zero-order chi connectivity index (χ0) is 27.4. The number of amides is 4. The second-order valence-corrected chi connectivity index (χ2v) is 9.31. The smallest absolute Gasteiger partial charge is 0.326 e. The van der Waals surface area contributed by atoms with Gasteiger partial charge in [0.2, 0.25) is 11.8 Å². The lowest BCUT2D eigenvalue weighted by Gasteiger charge is -2.31. The second-order valence-electron chi connectivity index (χ2n) is 9.31. The van der Waals surface area contributed by atoms with E-state index in [2.05, 4.69) is 20.9 Å². The molecule has 5 rings (SSSR count). The maximum Gasteiger partial charge on any atom is 0.326 e. The quantitative estimate of drug-likeness (QED) is 0.240. The Morgan fingerprint density at radius 2 is 1.59 bits per heavy atom. The highest BCUT2D eigenvalue weighted by Crippen LogP contribution is 2.29. The Morgan fingerprint density at radius 1 is 0.872 bits per heavy atom. The Balaban J connectivity index is 1.37. The molecule has 10 heteroatoms. The van der Waals surface area contributed by atoms with Crippen molar-refractivity contribution < 1.29 is 24.3 Å². The van der Waals surface area contributed by atoms with Crippen LogP contribution in [0.2, 0.25) is 0 Å². The van der Waals surface area contributed by atoms with Gasteiger partial charge in [-0.1, -0.05) is 60.7 Å². The summed E-state index contributed by atoms with van der Waals surface area (Å²) in [6.07, 6.45) is 1.91. The van der Waals surface area contributed by atoms with Crippen molar-refractivity contribution in [3.63, 3.8) is 0 Å². The number of fused-ring (bicyclic) bond motifs is 2. The van der Waals surface area contributed by atoms with Crippen molar-refractivity contribution in [1.82, 2.24) is 15.6 Å². The van der Waals surface area contributed by atoms with Crippen LogP contribution in [0.5, 0.6) is 0 Å². The Kier molecular flexibility index (Phi) is 7.26. The number of aromatic nitrogens is 1. The molecule has 10 nitrogen and oxygen atoms in total. The van der Waals surface area contributed by atoms with E-state index in [1.807, 2.05) is 54.6 Å². The number of nitrogens with one attached hydrogen (secondary N) is 4. The minimum Gasteiger partial charge on any atom is -0.480 e. The predicted octanol–water partition coefficient (Wildman–Crippen LogP) is 3.06. The highest BCUT2D eigenvalue weighted by atomic mass is 16.4. The number of hydrogen-bond donors (Lipinski definition) is 5. The molecule has 0 aliphatic carbocycles. The van der Waals surface area contributed by atoms with Crippen molar-refractivity contribution in [1.29, 1.82) is 0 Å². The van der Waals surface area contributed by atoms with Crippen molar-refractivity contribution >= 4 is 46.1 Å². The fraction of sp³-hybridized carbons (Fsp3) is 0.172. The number of carbonyl (C=O) groups excluding carboxylic acids is 3. The van der Waals surface area contributed by atoms with E-state index in [4.69, 9.17) is 0 Å². The third kappa shape index (κ3) is 5.74. The van der Waals surface area contributed by atoms with Gasteiger partial charge in [-0.05, 0) is 29.3 Å². The summed E-state index contributed by atoms with van der Waals surface area (Å²) in [5.41, 5.74) is 3.37. The minimum absolute atomic E-state index is 0.0523. The van der Waals surface area contributed by atoms with Gasteiger partial charge in [-0.2, -0.15) is 0 Å². The minimum atomic E-state index is -1.23. The Bertz CT molecular complexity index is 1530. The molecule has 0 bridgehead atoms. The van der Waals surface area contributed by atoms with Crippen molar-refractivity contribution in [2.24, 2.45) is 0 Å². The molecule has 2 atom stereocenters. The first-order valence-corrected chi connectivity index (χ1v) is 12.5. The van der Waals surface area contributed by atoms with Crippen LogP contribution in [-0.2, 0) is 27.2 Å². The molecule has 4 aromatic rings. The van der Waals surface area contributed by atoms with Crippen LogP contribution in [0.25, 0.3) is 10.9 Å². The van der Waals surface area contributed by atoms with E-state index < -0.39 is 30.0 Å². The molecule has 1 aliphatic rings. The van der Waals surface area contributed by atoms with Crippen molar-refractivity contribution in [3.05, 3.63) is 96.2 Å². The molecule has 0 saturated heterocycles. The van der Waals surface area contributed by atoms with Crippen LogP contribution < -0.4 is 20.9 Å². The number of carboxylic acids is 1. The van der Waals surface area contributed by atoms with Gasteiger partial charge in [0.05, 0.1) is 11.4 Å². The number of aromatic amines is 1. The Morgan fingerprint density at radius 3 is 2.38 bits per heavy atom. The molecule has 198 valence electrons. The van der Waals surface area contributed by atoms with Gasteiger partial charge in [0.1, 0.15) is 18.6 Å². The third-order valence-corrected chi connectivity index (χ3v) is 6.63. The summed E-state index contributed by atoms with van der Waals surface area (Å²) >= 11 is 0. The van der Waals surface area contributed by atoms with Gasteiger partial charge in [0.25, 0.3) is 0 Å². The second kappa shape index (κ2) is 11.1. The normalized spacial score (nSPS) is 14.2. The van der Waals surface area contributed by atoms with E-state index in [0.29, 0.717) is 11.4 Å². The first-order valence-electron chi connectivity index (χ1n) is 12.5. The number of hydrogen-bond acceptors (Lipinski definition) is 4. The fourth-order valence-electron chi connectivity index (χ4n) is 4.69. The van der Waals surface area contributed by atoms with Crippen LogP contribution in [0.3, 0.4) is 0 Å². The Labute approximate surface area is 224 Å². The van der Waals surface area contributed by atoms with E-state index in [1.165, 1.54) is 4.90 Å². The summed E-state index contributed by atoms with van der Waals surface area (Å²) in [4.78, 5) is 55.6. The van der Waals surface area contributed by atoms with E-state index in [1.54, 1.807) is 30.5 Å². The molecule has 5 N–H and O–H groups in total. The molecule has 39 heavy (non-hydrogen) atoms. The number of H-pyrrole nitrogens is 1. The number of nitrogens with zero attached hydrogens (tertiary/aromatic N) is 1. The van der Waals surface area contributed by atoms with E-state index in [-0.39, 0.29) is 25.3 Å². The van der Waals surface area contributed by atoms with Gasteiger partial charge in [0.15, 0.2) is 0 Å². The molecule has 0 fully saturated rings. The number of aliphatic carboxylic acids is 1. The third-order valence-electron chi connectivity index (χ3n) is 6.63. The molecule has 0 spiro atoms. The number of rotatable bonds is 8. The van der Waals surface area contributed by atoms with E-state index in [0.717, 1.165) is 22.0 Å². The zero-order valence-electron chi connectivity index (χ0n) is 20.9. The fourth-order valence-corrected chi connectivity index (χ4v) is 4.69. The summed E-state index contributed by atoms with van der Waals surface area (Å²) in [6, 6.07) is 20.5. The number of carboxylic acid groups (broad SMARTS) is 1. The van der Waals surface area contributed by atoms with Gasteiger partial charge >= 0.3 is 12.0 Å². The van der Waals surface area contributed by atoms with E-state index in [9.17, 15) is 24.3 Å². The lowest BCUT2D eigenvalue weighted by atomic mass is 10.0. The average Bonchev–Trinajstić information content (AvgIpc) is 3.35. The summed E-state index contributed by atoms with van der Waals surface area (Å²) in [5, 5.41) is 18.9. The summed E-state index contributed by atoms with van der Waals surface area (Å²) in [5.74, 6) is -2.20. The molecule has 3 aromatic carbocycles. The highest BCUT2D eigenvalue weighted by molar-refractivity contribution is 6.10. The lowest BCUT2D eigenvalue weighted by molar-refractivity contribution is -0.142. The predicted molar refractivity (Wildman–Crippen MR) is 146 cm³/mol. The monoisotopic (exact) mass is 525 g/mol. The molecule has 1 aliphatic heterocycles.